The largest absolute Gasteiger partial charge is 0.460 e. The molecule has 2 rings (SSSR count). The number of hydrogen-bond acceptors (Lipinski definition) is 7. The fraction of sp³-hybridized carbons (Fsp3) is 0.500. The van der Waals surface area contributed by atoms with E-state index in [1.54, 1.807) is 20.0 Å². The molecule has 2 heterocycles. The molecule has 0 atom stereocenters. The van der Waals surface area contributed by atoms with Gasteiger partial charge in [-0.2, -0.15) is 0 Å². The highest BCUT2D eigenvalue weighted by atomic mass is 16.5. The summed E-state index contributed by atoms with van der Waals surface area (Å²) in [6.07, 6.45) is 1.41. The Hall–Kier alpha value is -2.15. The zero-order valence-corrected chi connectivity index (χ0v) is 12.2. The molecule has 1 fully saturated rings. The molecular formula is C14H19N3O4. The van der Waals surface area contributed by atoms with Gasteiger partial charge in [0.2, 0.25) is 0 Å². The van der Waals surface area contributed by atoms with Crippen molar-refractivity contribution >= 4 is 23.3 Å². The first-order chi connectivity index (χ1) is 10.2. The number of nitrogens with zero attached hydrogens (tertiary/aromatic N) is 2. The van der Waals surface area contributed by atoms with E-state index in [9.17, 15) is 9.59 Å². The van der Waals surface area contributed by atoms with Crippen molar-refractivity contribution in [3.63, 3.8) is 0 Å². The van der Waals surface area contributed by atoms with E-state index in [0.717, 1.165) is 18.9 Å². The number of morpholine rings is 1. The topological polar surface area (TPSA) is 80.8 Å². The summed E-state index contributed by atoms with van der Waals surface area (Å²) in [6.45, 7) is 4.63. The molecule has 21 heavy (non-hydrogen) atoms. The van der Waals surface area contributed by atoms with Gasteiger partial charge in [-0.05, 0) is 6.92 Å². The Labute approximate surface area is 123 Å². The van der Waals surface area contributed by atoms with Crippen LogP contribution in [-0.4, -0.2) is 56.7 Å². The van der Waals surface area contributed by atoms with Crippen molar-refractivity contribution in [3.8, 4) is 0 Å². The van der Waals surface area contributed by atoms with Crippen molar-refractivity contribution in [2.45, 2.75) is 6.92 Å². The van der Waals surface area contributed by atoms with E-state index in [1.807, 2.05) is 0 Å². The minimum atomic E-state index is -0.866. The molecule has 114 valence electrons. The van der Waals surface area contributed by atoms with E-state index in [1.165, 1.54) is 6.20 Å². The Morgan fingerprint density at radius 1 is 1.43 bits per heavy atom. The van der Waals surface area contributed by atoms with Crippen LogP contribution in [0.2, 0.25) is 0 Å². The third-order valence-electron chi connectivity index (χ3n) is 3.20. The van der Waals surface area contributed by atoms with Crippen LogP contribution in [0, 0.1) is 0 Å². The first-order valence-electron chi connectivity index (χ1n) is 6.89. The SMILES string of the molecule is CCOC(=O)C(=O)c1cnc(N2CCOCC2)cc1NC. The van der Waals surface area contributed by atoms with Crippen LogP contribution in [0.3, 0.4) is 0 Å². The van der Waals surface area contributed by atoms with E-state index in [2.05, 4.69) is 15.2 Å². The molecule has 1 aliphatic heterocycles. The van der Waals surface area contributed by atoms with E-state index < -0.39 is 11.8 Å². The van der Waals surface area contributed by atoms with Crippen molar-refractivity contribution in [2.75, 3.05) is 50.2 Å². The van der Waals surface area contributed by atoms with Gasteiger partial charge in [-0.25, -0.2) is 9.78 Å². The van der Waals surface area contributed by atoms with Crippen molar-refractivity contribution in [1.29, 1.82) is 0 Å². The lowest BCUT2D eigenvalue weighted by Crippen LogP contribution is -2.36. The number of carbonyl (C=O) groups is 2. The molecule has 7 heteroatoms. The number of ether oxygens (including phenoxy) is 2. The number of nitrogens with one attached hydrogen (secondary N) is 1. The Bertz CT molecular complexity index is 527. The Morgan fingerprint density at radius 3 is 2.76 bits per heavy atom. The average molecular weight is 293 g/mol. The summed E-state index contributed by atoms with van der Waals surface area (Å²) < 4.78 is 10.0. The minimum Gasteiger partial charge on any atom is -0.460 e. The number of pyridine rings is 1. The van der Waals surface area contributed by atoms with Gasteiger partial charge in [0.05, 0.1) is 31.1 Å². The summed E-state index contributed by atoms with van der Waals surface area (Å²) >= 11 is 0. The highest BCUT2D eigenvalue weighted by Gasteiger charge is 2.22. The van der Waals surface area contributed by atoms with Crippen molar-refractivity contribution in [2.24, 2.45) is 0 Å². The second-order valence-corrected chi connectivity index (χ2v) is 4.49. The van der Waals surface area contributed by atoms with Gasteiger partial charge < -0.3 is 19.7 Å². The van der Waals surface area contributed by atoms with Crippen LogP contribution in [0.15, 0.2) is 12.3 Å². The van der Waals surface area contributed by atoms with Gasteiger partial charge in [0.25, 0.3) is 5.78 Å². The summed E-state index contributed by atoms with van der Waals surface area (Å²) in [5.41, 5.74) is 0.775. The number of Topliss-reactive ketones (excluding diaryl/α,β-unsaturated/α-hetero) is 1. The van der Waals surface area contributed by atoms with Crippen LogP contribution in [0.5, 0.6) is 0 Å². The number of ketones is 1. The van der Waals surface area contributed by atoms with Crippen LogP contribution in [0.1, 0.15) is 17.3 Å². The smallest absolute Gasteiger partial charge is 0.379 e. The second-order valence-electron chi connectivity index (χ2n) is 4.49. The van der Waals surface area contributed by atoms with E-state index in [4.69, 9.17) is 9.47 Å². The Balaban J connectivity index is 2.23. The molecule has 0 saturated carbocycles. The lowest BCUT2D eigenvalue weighted by Gasteiger charge is -2.28. The molecule has 7 nitrogen and oxygen atoms in total. The van der Waals surface area contributed by atoms with Gasteiger partial charge >= 0.3 is 5.97 Å². The lowest BCUT2D eigenvalue weighted by molar-refractivity contribution is -0.137. The first-order valence-corrected chi connectivity index (χ1v) is 6.89. The van der Waals surface area contributed by atoms with E-state index in [-0.39, 0.29) is 12.2 Å². The number of esters is 1. The van der Waals surface area contributed by atoms with Crippen LogP contribution in [0.25, 0.3) is 0 Å². The number of hydrogen-bond donors (Lipinski definition) is 1. The molecule has 0 radical (unpaired) electrons. The minimum absolute atomic E-state index is 0.165. The summed E-state index contributed by atoms with van der Waals surface area (Å²) in [7, 11) is 1.69. The standard InChI is InChI=1S/C14H19N3O4/c1-3-21-14(19)13(18)10-9-16-12(8-11(10)15-2)17-4-6-20-7-5-17/h8-9H,3-7H2,1-2H3,(H,15,16). The fourth-order valence-electron chi connectivity index (χ4n) is 2.10. The van der Waals surface area contributed by atoms with Crippen LogP contribution >= 0.6 is 0 Å². The molecule has 1 aromatic rings. The van der Waals surface area contributed by atoms with E-state index in [0.29, 0.717) is 18.9 Å². The summed E-state index contributed by atoms with van der Waals surface area (Å²) in [5.74, 6) is -0.805. The molecule has 1 aromatic heterocycles. The maximum atomic E-state index is 12.0. The Kier molecular flexibility index (Phi) is 5.10. The average Bonchev–Trinajstić information content (AvgIpc) is 2.54. The molecule has 0 unspecified atom stereocenters. The third kappa shape index (κ3) is 3.49. The molecule has 0 bridgehead atoms. The van der Waals surface area contributed by atoms with Crippen LogP contribution in [-0.2, 0) is 14.3 Å². The monoisotopic (exact) mass is 293 g/mol. The zero-order chi connectivity index (χ0) is 15.2. The van der Waals surface area contributed by atoms with Gasteiger partial charge in [0, 0.05) is 32.4 Å². The van der Waals surface area contributed by atoms with Crippen molar-refractivity contribution in [1.82, 2.24) is 4.98 Å². The predicted molar refractivity (Wildman–Crippen MR) is 77.8 cm³/mol. The normalized spacial score (nSPS) is 14.7. The number of carbonyl (C=O) groups excluding carboxylic acids is 2. The quantitative estimate of drug-likeness (QED) is 0.486. The molecule has 0 aliphatic carbocycles. The van der Waals surface area contributed by atoms with Gasteiger partial charge in [-0.3, -0.25) is 4.79 Å². The maximum absolute atomic E-state index is 12.0. The van der Waals surface area contributed by atoms with Gasteiger partial charge in [-0.15, -0.1) is 0 Å². The second kappa shape index (κ2) is 7.03. The van der Waals surface area contributed by atoms with Crippen molar-refractivity contribution in [3.05, 3.63) is 17.8 Å². The summed E-state index contributed by atoms with van der Waals surface area (Å²) in [6, 6.07) is 1.76. The molecule has 0 aromatic carbocycles. The van der Waals surface area contributed by atoms with Gasteiger partial charge in [0.1, 0.15) is 5.82 Å². The maximum Gasteiger partial charge on any atom is 0.379 e. The molecule has 0 spiro atoms. The number of aromatic nitrogens is 1. The van der Waals surface area contributed by atoms with Crippen molar-refractivity contribution < 1.29 is 19.1 Å². The Morgan fingerprint density at radius 2 is 2.14 bits per heavy atom. The highest BCUT2D eigenvalue weighted by Crippen LogP contribution is 2.22. The van der Waals surface area contributed by atoms with Crippen LogP contribution in [0.4, 0.5) is 11.5 Å². The van der Waals surface area contributed by atoms with Gasteiger partial charge in [-0.1, -0.05) is 0 Å². The number of anilines is 2. The summed E-state index contributed by atoms with van der Waals surface area (Å²) in [5, 5.41) is 2.93. The molecule has 1 aliphatic rings. The number of rotatable bonds is 5. The first kappa shape index (κ1) is 15.2. The van der Waals surface area contributed by atoms with Crippen LogP contribution < -0.4 is 10.2 Å². The predicted octanol–water partition coefficient (Wildman–Crippen LogP) is 0.706. The molecular weight excluding hydrogens is 274 g/mol. The molecule has 1 saturated heterocycles. The van der Waals surface area contributed by atoms with Gasteiger partial charge in [0.15, 0.2) is 0 Å². The highest BCUT2D eigenvalue weighted by molar-refractivity contribution is 6.41. The lowest BCUT2D eigenvalue weighted by atomic mass is 10.1. The third-order valence-corrected chi connectivity index (χ3v) is 3.20. The fourth-order valence-corrected chi connectivity index (χ4v) is 2.10. The summed E-state index contributed by atoms with van der Waals surface area (Å²) in [4.78, 5) is 29.9. The van der Waals surface area contributed by atoms with E-state index >= 15 is 0 Å². The molecule has 1 N–H and O–H groups in total. The molecule has 0 amide bonds. The zero-order valence-electron chi connectivity index (χ0n) is 12.2.